The van der Waals surface area contributed by atoms with Crippen molar-refractivity contribution in [3.63, 3.8) is 0 Å². The normalized spacial score (nSPS) is 11.2. The molecule has 0 bridgehead atoms. The van der Waals surface area contributed by atoms with E-state index in [-0.39, 0.29) is 5.56 Å². The molecular formula is C14H10N4OS2. The van der Waals surface area contributed by atoms with Crippen LogP contribution in [-0.2, 0) is 6.54 Å². The summed E-state index contributed by atoms with van der Waals surface area (Å²) < 4.78 is 1.59. The van der Waals surface area contributed by atoms with E-state index >= 15 is 0 Å². The van der Waals surface area contributed by atoms with Crippen molar-refractivity contribution >= 4 is 32.9 Å². The van der Waals surface area contributed by atoms with E-state index in [2.05, 4.69) is 15.0 Å². The van der Waals surface area contributed by atoms with Crippen LogP contribution < -0.4 is 5.56 Å². The van der Waals surface area contributed by atoms with Crippen LogP contribution in [0, 0.1) is 0 Å². The Kier molecular flexibility index (Phi) is 2.94. The molecular weight excluding hydrogens is 304 g/mol. The van der Waals surface area contributed by atoms with Gasteiger partial charge >= 0.3 is 0 Å². The van der Waals surface area contributed by atoms with Gasteiger partial charge in [0.15, 0.2) is 0 Å². The number of thiophene rings is 2. The molecule has 4 aromatic heterocycles. The van der Waals surface area contributed by atoms with E-state index in [1.807, 2.05) is 22.9 Å². The summed E-state index contributed by atoms with van der Waals surface area (Å²) in [5, 5.41) is 4.70. The third-order valence-electron chi connectivity index (χ3n) is 3.22. The molecule has 0 atom stereocenters. The minimum absolute atomic E-state index is 0.0268. The Hall–Kier alpha value is -2.25. The SMILES string of the molecule is O=c1c2c(-c3cccs3)csc2ncn1Cc1ncc[nH]1. The third-order valence-corrected chi connectivity index (χ3v) is 5.01. The first kappa shape index (κ1) is 12.5. The molecule has 0 aliphatic heterocycles. The lowest BCUT2D eigenvalue weighted by molar-refractivity contribution is 0.716. The Morgan fingerprint density at radius 3 is 3.00 bits per heavy atom. The smallest absolute Gasteiger partial charge is 0.263 e. The summed E-state index contributed by atoms with van der Waals surface area (Å²) in [5.74, 6) is 0.742. The zero-order chi connectivity index (χ0) is 14.2. The molecule has 5 nitrogen and oxygen atoms in total. The number of aromatic amines is 1. The molecule has 4 aromatic rings. The van der Waals surface area contributed by atoms with Gasteiger partial charge in [-0.2, -0.15) is 0 Å². The van der Waals surface area contributed by atoms with Crippen molar-refractivity contribution in [1.29, 1.82) is 0 Å². The van der Waals surface area contributed by atoms with Crippen molar-refractivity contribution in [2.45, 2.75) is 6.54 Å². The first-order valence-corrected chi connectivity index (χ1v) is 8.07. The van der Waals surface area contributed by atoms with E-state index in [0.717, 1.165) is 21.1 Å². The number of imidazole rings is 1. The molecule has 104 valence electrons. The van der Waals surface area contributed by atoms with Crippen LogP contribution in [0.25, 0.3) is 20.7 Å². The summed E-state index contributed by atoms with van der Waals surface area (Å²) in [6, 6.07) is 4.01. The fraction of sp³-hybridized carbons (Fsp3) is 0.0714. The molecule has 0 spiro atoms. The number of rotatable bonds is 3. The number of hydrogen-bond donors (Lipinski definition) is 1. The second kappa shape index (κ2) is 4.94. The zero-order valence-corrected chi connectivity index (χ0v) is 12.4. The number of H-pyrrole nitrogens is 1. The fourth-order valence-corrected chi connectivity index (χ4v) is 3.96. The standard InChI is InChI=1S/C14H10N4OS2/c19-14-12-9(10-2-1-5-20-10)7-21-13(12)17-8-18(14)6-11-15-3-4-16-11/h1-5,7-8H,6H2,(H,15,16). The number of aromatic nitrogens is 4. The second-order valence-electron chi connectivity index (χ2n) is 4.52. The van der Waals surface area contributed by atoms with Gasteiger partial charge in [-0.05, 0) is 11.4 Å². The number of fused-ring (bicyclic) bond motifs is 1. The zero-order valence-electron chi connectivity index (χ0n) is 10.8. The highest BCUT2D eigenvalue weighted by Crippen LogP contribution is 2.33. The van der Waals surface area contributed by atoms with Gasteiger partial charge in [-0.25, -0.2) is 9.97 Å². The van der Waals surface area contributed by atoms with E-state index in [0.29, 0.717) is 11.9 Å². The Labute approximate surface area is 127 Å². The van der Waals surface area contributed by atoms with Crippen LogP contribution >= 0.6 is 22.7 Å². The molecule has 7 heteroatoms. The van der Waals surface area contributed by atoms with Crippen molar-refractivity contribution in [3.05, 3.63) is 57.8 Å². The summed E-state index contributed by atoms with van der Waals surface area (Å²) in [6.45, 7) is 0.397. The Morgan fingerprint density at radius 2 is 2.24 bits per heavy atom. The van der Waals surface area contributed by atoms with Crippen molar-refractivity contribution in [3.8, 4) is 10.4 Å². The van der Waals surface area contributed by atoms with Crippen LogP contribution in [0.1, 0.15) is 5.82 Å². The summed E-state index contributed by atoms with van der Waals surface area (Å²) in [5.41, 5.74) is 0.942. The lowest BCUT2D eigenvalue weighted by Gasteiger charge is -2.03. The number of nitrogens with zero attached hydrogens (tertiary/aromatic N) is 3. The molecule has 0 saturated carbocycles. The molecule has 4 rings (SSSR count). The van der Waals surface area contributed by atoms with Crippen LogP contribution in [0.4, 0.5) is 0 Å². The predicted octanol–water partition coefficient (Wildman–Crippen LogP) is 2.96. The maximum absolute atomic E-state index is 12.7. The summed E-state index contributed by atoms with van der Waals surface area (Å²) in [6.07, 6.45) is 5.00. The van der Waals surface area contributed by atoms with Crippen LogP contribution in [0.15, 0.2) is 46.4 Å². The van der Waals surface area contributed by atoms with Gasteiger partial charge in [0.05, 0.1) is 18.3 Å². The van der Waals surface area contributed by atoms with Gasteiger partial charge in [0.2, 0.25) is 0 Å². The van der Waals surface area contributed by atoms with Crippen molar-refractivity contribution in [2.24, 2.45) is 0 Å². The van der Waals surface area contributed by atoms with E-state index in [9.17, 15) is 4.79 Å². The lowest BCUT2D eigenvalue weighted by atomic mass is 10.2. The Morgan fingerprint density at radius 1 is 1.29 bits per heavy atom. The van der Waals surface area contributed by atoms with Crippen molar-refractivity contribution in [2.75, 3.05) is 0 Å². The molecule has 0 unspecified atom stereocenters. The second-order valence-corrected chi connectivity index (χ2v) is 6.33. The van der Waals surface area contributed by atoms with Gasteiger partial charge in [0.1, 0.15) is 10.7 Å². The number of nitrogens with one attached hydrogen (secondary N) is 1. The molecule has 1 N–H and O–H groups in total. The molecule has 0 radical (unpaired) electrons. The van der Waals surface area contributed by atoms with Gasteiger partial charge < -0.3 is 4.98 Å². The molecule has 0 amide bonds. The van der Waals surface area contributed by atoms with Crippen molar-refractivity contribution < 1.29 is 0 Å². The first-order chi connectivity index (χ1) is 10.3. The van der Waals surface area contributed by atoms with E-state index in [1.54, 1.807) is 34.6 Å². The third kappa shape index (κ3) is 2.10. The molecule has 0 aliphatic carbocycles. The summed E-state index contributed by atoms with van der Waals surface area (Å²) >= 11 is 3.13. The molecule has 0 aliphatic rings. The van der Waals surface area contributed by atoms with Crippen LogP contribution in [-0.4, -0.2) is 19.5 Å². The van der Waals surface area contributed by atoms with Gasteiger partial charge in [-0.15, -0.1) is 22.7 Å². The van der Waals surface area contributed by atoms with Gasteiger partial charge in [0, 0.05) is 28.2 Å². The Balaban J connectivity index is 1.89. The molecule has 0 saturated heterocycles. The highest BCUT2D eigenvalue weighted by molar-refractivity contribution is 7.18. The number of hydrogen-bond acceptors (Lipinski definition) is 5. The van der Waals surface area contributed by atoms with Crippen LogP contribution in [0.3, 0.4) is 0 Å². The lowest BCUT2D eigenvalue weighted by Crippen LogP contribution is -2.21. The van der Waals surface area contributed by atoms with Crippen LogP contribution in [0.2, 0.25) is 0 Å². The largest absolute Gasteiger partial charge is 0.347 e. The first-order valence-electron chi connectivity index (χ1n) is 6.32. The maximum atomic E-state index is 12.7. The van der Waals surface area contributed by atoms with Crippen molar-refractivity contribution in [1.82, 2.24) is 19.5 Å². The summed E-state index contributed by atoms with van der Waals surface area (Å²) in [4.78, 5) is 26.1. The predicted molar refractivity (Wildman–Crippen MR) is 84.9 cm³/mol. The van der Waals surface area contributed by atoms with Crippen LogP contribution in [0.5, 0.6) is 0 Å². The van der Waals surface area contributed by atoms with E-state index in [1.165, 1.54) is 11.3 Å². The highest BCUT2D eigenvalue weighted by atomic mass is 32.1. The molecule has 0 aromatic carbocycles. The molecule has 4 heterocycles. The van der Waals surface area contributed by atoms with Gasteiger partial charge in [-0.3, -0.25) is 9.36 Å². The van der Waals surface area contributed by atoms with E-state index in [4.69, 9.17) is 0 Å². The average Bonchev–Trinajstić information content (AvgIpc) is 3.21. The van der Waals surface area contributed by atoms with Gasteiger partial charge in [0.25, 0.3) is 5.56 Å². The minimum Gasteiger partial charge on any atom is -0.347 e. The maximum Gasteiger partial charge on any atom is 0.263 e. The highest BCUT2D eigenvalue weighted by Gasteiger charge is 2.14. The minimum atomic E-state index is -0.0268. The van der Waals surface area contributed by atoms with Gasteiger partial charge in [-0.1, -0.05) is 6.07 Å². The topological polar surface area (TPSA) is 63.6 Å². The molecule has 0 fully saturated rings. The average molecular weight is 314 g/mol. The summed E-state index contributed by atoms with van der Waals surface area (Å²) in [7, 11) is 0. The van der Waals surface area contributed by atoms with E-state index < -0.39 is 0 Å². The Bertz CT molecular complexity index is 935. The fourth-order valence-electron chi connectivity index (χ4n) is 2.24. The quantitative estimate of drug-likeness (QED) is 0.632. The monoisotopic (exact) mass is 314 g/mol. The molecule has 21 heavy (non-hydrogen) atoms.